The van der Waals surface area contributed by atoms with E-state index in [1.54, 1.807) is 6.33 Å². The van der Waals surface area contributed by atoms with Gasteiger partial charge in [-0.05, 0) is 19.9 Å². The maximum absolute atomic E-state index is 11.8. The second-order valence-electron chi connectivity index (χ2n) is 3.43. The van der Waals surface area contributed by atoms with Crippen molar-refractivity contribution < 1.29 is 13.2 Å². The van der Waals surface area contributed by atoms with E-state index in [1.165, 1.54) is 0 Å². The molecule has 0 aliphatic heterocycles. The van der Waals surface area contributed by atoms with E-state index in [4.69, 9.17) is 0 Å². The fraction of sp³-hybridized carbons (Fsp3) is 0.778. The number of hydrogen-bond acceptors (Lipinski definition) is 3. The summed E-state index contributed by atoms with van der Waals surface area (Å²) in [6, 6.07) is 0. The lowest BCUT2D eigenvalue weighted by molar-refractivity contribution is -0.135. The average molecular weight is 236 g/mol. The molecule has 0 saturated carbocycles. The van der Waals surface area contributed by atoms with E-state index in [-0.39, 0.29) is 6.42 Å². The van der Waals surface area contributed by atoms with Gasteiger partial charge in [-0.15, -0.1) is 10.2 Å². The Morgan fingerprint density at radius 1 is 1.44 bits per heavy atom. The number of nitrogens with zero attached hydrogens (tertiary/aromatic N) is 3. The Kier molecular flexibility index (Phi) is 4.72. The number of alkyl halides is 3. The van der Waals surface area contributed by atoms with E-state index >= 15 is 0 Å². The molecule has 0 aliphatic carbocycles. The summed E-state index contributed by atoms with van der Waals surface area (Å²) in [7, 11) is 0. The predicted octanol–water partition coefficient (Wildman–Crippen LogP) is 1.73. The molecule has 0 amide bonds. The molecule has 92 valence electrons. The van der Waals surface area contributed by atoms with Crippen molar-refractivity contribution in [2.75, 3.05) is 6.54 Å². The summed E-state index contributed by atoms with van der Waals surface area (Å²) >= 11 is 0. The lowest BCUT2D eigenvalue weighted by atomic mass is 10.3. The molecule has 1 aromatic rings. The van der Waals surface area contributed by atoms with Crippen LogP contribution in [0, 0.1) is 0 Å². The number of rotatable bonds is 6. The Morgan fingerprint density at radius 2 is 2.19 bits per heavy atom. The number of halogens is 3. The van der Waals surface area contributed by atoms with Crippen LogP contribution in [0.25, 0.3) is 0 Å². The number of aryl methyl sites for hydroxylation is 1. The summed E-state index contributed by atoms with van der Waals surface area (Å²) in [6.07, 6.45) is -3.12. The molecule has 1 aromatic heterocycles. The highest BCUT2D eigenvalue weighted by atomic mass is 19.4. The molecule has 0 unspecified atom stereocenters. The Morgan fingerprint density at radius 3 is 2.81 bits per heavy atom. The first-order valence-corrected chi connectivity index (χ1v) is 5.17. The van der Waals surface area contributed by atoms with Crippen LogP contribution in [0.4, 0.5) is 13.2 Å². The highest BCUT2D eigenvalue weighted by Crippen LogP contribution is 2.20. The van der Waals surface area contributed by atoms with Crippen LogP contribution in [0.15, 0.2) is 6.33 Å². The van der Waals surface area contributed by atoms with E-state index in [0.29, 0.717) is 13.1 Å². The molecule has 0 saturated heterocycles. The van der Waals surface area contributed by atoms with E-state index in [2.05, 4.69) is 15.5 Å². The highest BCUT2D eigenvalue weighted by Gasteiger charge is 2.25. The van der Waals surface area contributed by atoms with Gasteiger partial charge in [0.25, 0.3) is 0 Å². The summed E-state index contributed by atoms with van der Waals surface area (Å²) in [4.78, 5) is 0. The number of aromatic nitrogens is 3. The summed E-state index contributed by atoms with van der Waals surface area (Å²) in [6.45, 7) is 3.49. The van der Waals surface area contributed by atoms with E-state index in [1.807, 2.05) is 11.5 Å². The van der Waals surface area contributed by atoms with Crippen molar-refractivity contribution in [1.29, 1.82) is 0 Å². The third kappa shape index (κ3) is 4.61. The molecular formula is C9H15F3N4. The third-order valence-electron chi connectivity index (χ3n) is 2.13. The van der Waals surface area contributed by atoms with Crippen LogP contribution >= 0.6 is 0 Å². The lowest BCUT2D eigenvalue weighted by Crippen LogP contribution is -2.20. The molecule has 0 spiro atoms. The van der Waals surface area contributed by atoms with E-state index in [0.717, 1.165) is 12.4 Å². The summed E-state index contributed by atoms with van der Waals surface area (Å²) in [5.74, 6) is 0.745. The normalized spacial score (nSPS) is 12.0. The minimum absolute atomic E-state index is 0.0871. The molecule has 1 rings (SSSR count). The maximum atomic E-state index is 11.8. The van der Waals surface area contributed by atoms with Gasteiger partial charge in [-0.1, -0.05) is 0 Å². The van der Waals surface area contributed by atoms with Gasteiger partial charge in [0.2, 0.25) is 0 Å². The standard InChI is InChI=1S/C9H15F3N4/c1-2-16-7-14-15-8(16)6-13-5-3-4-9(10,11)12/h7,13H,2-6H2,1H3. The number of hydrogen-bond donors (Lipinski definition) is 1. The smallest absolute Gasteiger partial charge is 0.317 e. The van der Waals surface area contributed by atoms with Gasteiger partial charge >= 0.3 is 6.18 Å². The van der Waals surface area contributed by atoms with Crippen molar-refractivity contribution in [3.05, 3.63) is 12.2 Å². The second kappa shape index (κ2) is 5.83. The van der Waals surface area contributed by atoms with Crippen LogP contribution in [0.1, 0.15) is 25.6 Å². The van der Waals surface area contributed by atoms with Gasteiger partial charge in [-0.2, -0.15) is 13.2 Å². The predicted molar refractivity (Wildman–Crippen MR) is 52.7 cm³/mol. The molecule has 16 heavy (non-hydrogen) atoms. The van der Waals surface area contributed by atoms with Crippen molar-refractivity contribution in [1.82, 2.24) is 20.1 Å². The molecule has 4 nitrogen and oxygen atoms in total. The van der Waals surface area contributed by atoms with Crippen LogP contribution in [-0.4, -0.2) is 27.5 Å². The van der Waals surface area contributed by atoms with Crippen LogP contribution in [-0.2, 0) is 13.1 Å². The molecule has 0 radical (unpaired) electrons. The SMILES string of the molecule is CCn1cnnc1CNCCCC(F)(F)F. The Balaban J connectivity index is 2.16. The van der Waals surface area contributed by atoms with Crippen molar-refractivity contribution in [3.8, 4) is 0 Å². The van der Waals surface area contributed by atoms with Gasteiger partial charge in [-0.3, -0.25) is 0 Å². The lowest BCUT2D eigenvalue weighted by Gasteiger charge is -2.07. The molecule has 7 heteroatoms. The van der Waals surface area contributed by atoms with Gasteiger partial charge in [-0.25, -0.2) is 0 Å². The first-order valence-electron chi connectivity index (χ1n) is 5.17. The fourth-order valence-electron chi connectivity index (χ4n) is 1.29. The second-order valence-corrected chi connectivity index (χ2v) is 3.43. The van der Waals surface area contributed by atoms with Crippen molar-refractivity contribution in [2.45, 2.75) is 39.0 Å². The zero-order chi connectivity index (χ0) is 12.0. The van der Waals surface area contributed by atoms with Crippen molar-refractivity contribution in [3.63, 3.8) is 0 Å². The van der Waals surface area contributed by atoms with Crippen LogP contribution in [0.5, 0.6) is 0 Å². The molecule has 0 aliphatic rings. The van der Waals surface area contributed by atoms with Gasteiger partial charge in [0.15, 0.2) is 0 Å². The molecule has 0 fully saturated rings. The van der Waals surface area contributed by atoms with Gasteiger partial charge in [0, 0.05) is 13.0 Å². The van der Waals surface area contributed by atoms with Gasteiger partial charge in [0.05, 0.1) is 6.54 Å². The first-order chi connectivity index (χ1) is 7.53. The van der Waals surface area contributed by atoms with Crippen LogP contribution in [0.3, 0.4) is 0 Å². The monoisotopic (exact) mass is 236 g/mol. The van der Waals surface area contributed by atoms with E-state index in [9.17, 15) is 13.2 Å². The summed E-state index contributed by atoms with van der Waals surface area (Å²) < 4.78 is 37.3. The molecule has 0 atom stereocenters. The molecular weight excluding hydrogens is 221 g/mol. The molecule has 0 aromatic carbocycles. The third-order valence-corrected chi connectivity index (χ3v) is 2.13. The van der Waals surface area contributed by atoms with Crippen LogP contribution in [0.2, 0.25) is 0 Å². The fourth-order valence-corrected chi connectivity index (χ4v) is 1.29. The first kappa shape index (κ1) is 13.0. The minimum atomic E-state index is -4.06. The van der Waals surface area contributed by atoms with Crippen molar-refractivity contribution >= 4 is 0 Å². The summed E-state index contributed by atoms with van der Waals surface area (Å²) in [5.41, 5.74) is 0. The molecule has 0 bridgehead atoms. The van der Waals surface area contributed by atoms with Gasteiger partial charge in [0.1, 0.15) is 12.2 Å². The van der Waals surface area contributed by atoms with Crippen molar-refractivity contribution in [2.24, 2.45) is 0 Å². The average Bonchev–Trinajstić information content (AvgIpc) is 2.63. The van der Waals surface area contributed by atoms with Gasteiger partial charge < -0.3 is 9.88 Å². The Bertz CT molecular complexity index is 308. The summed E-state index contributed by atoms with van der Waals surface area (Å²) in [5, 5.41) is 10.5. The molecule has 1 N–H and O–H groups in total. The highest BCUT2D eigenvalue weighted by molar-refractivity contribution is 4.84. The van der Waals surface area contributed by atoms with E-state index < -0.39 is 12.6 Å². The topological polar surface area (TPSA) is 42.7 Å². The maximum Gasteiger partial charge on any atom is 0.389 e. The largest absolute Gasteiger partial charge is 0.389 e. The Hall–Kier alpha value is -1.11. The zero-order valence-corrected chi connectivity index (χ0v) is 9.09. The quantitative estimate of drug-likeness (QED) is 0.765. The molecule has 1 heterocycles. The zero-order valence-electron chi connectivity index (χ0n) is 9.09. The Labute approximate surface area is 91.9 Å². The minimum Gasteiger partial charge on any atom is -0.317 e. The van der Waals surface area contributed by atoms with Crippen LogP contribution < -0.4 is 5.32 Å². The number of nitrogens with one attached hydrogen (secondary N) is 1.